The van der Waals surface area contributed by atoms with E-state index in [1.807, 2.05) is 23.2 Å². The fraction of sp³-hybridized carbons (Fsp3) is 0.500. The minimum Gasteiger partial charge on any atom is -0.372 e. The van der Waals surface area contributed by atoms with Crippen molar-refractivity contribution in [3.8, 4) is 0 Å². The van der Waals surface area contributed by atoms with Crippen LogP contribution < -0.4 is 4.90 Å². The highest BCUT2D eigenvalue weighted by molar-refractivity contribution is 5.92. The van der Waals surface area contributed by atoms with E-state index >= 15 is 0 Å². The molecule has 27 heavy (non-hydrogen) atoms. The summed E-state index contributed by atoms with van der Waals surface area (Å²) in [6.45, 7) is 3.86. The largest absolute Gasteiger partial charge is 0.372 e. The van der Waals surface area contributed by atoms with Crippen molar-refractivity contribution in [1.82, 2.24) is 19.9 Å². The van der Waals surface area contributed by atoms with E-state index in [9.17, 15) is 4.79 Å². The van der Waals surface area contributed by atoms with E-state index in [-0.39, 0.29) is 12.0 Å². The molecule has 2 aliphatic rings. The molecule has 7 heteroatoms. The molecule has 1 unspecified atom stereocenters. The van der Waals surface area contributed by atoms with Gasteiger partial charge in [-0.25, -0.2) is 4.98 Å². The summed E-state index contributed by atoms with van der Waals surface area (Å²) in [5.74, 6) is 0.748. The molecule has 0 N–H and O–H groups in total. The van der Waals surface area contributed by atoms with Gasteiger partial charge < -0.3 is 14.5 Å². The van der Waals surface area contributed by atoms with E-state index in [1.54, 1.807) is 18.6 Å². The lowest BCUT2D eigenvalue weighted by molar-refractivity contribution is 0.0313. The van der Waals surface area contributed by atoms with Crippen LogP contribution in [0.5, 0.6) is 0 Å². The van der Waals surface area contributed by atoms with Crippen LogP contribution in [0, 0.1) is 0 Å². The third-order valence-electron chi connectivity index (χ3n) is 5.14. The van der Waals surface area contributed by atoms with Crippen molar-refractivity contribution >= 4 is 11.7 Å². The Kier molecular flexibility index (Phi) is 5.58. The average Bonchev–Trinajstić information content (AvgIpc) is 3.28. The minimum atomic E-state index is -0.0109. The van der Waals surface area contributed by atoms with Gasteiger partial charge >= 0.3 is 0 Å². The predicted molar refractivity (Wildman–Crippen MR) is 101 cm³/mol. The van der Waals surface area contributed by atoms with Crippen LogP contribution in [-0.4, -0.2) is 58.0 Å². The molecule has 1 atom stereocenters. The lowest BCUT2D eigenvalue weighted by Gasteiger charge is -2.33. The highest BCUT2D eigenvalue weighted by Gasteiger charge is 2.24. The maximum atomic E-state index is 12.6. The van der Waals surface area contributed by atoms with Crippen LogP contribution in [0.3, 0.4) is 0 Å². The van der Waals surface area contributed by atoms with E-state index in [2.05, 4.69) is 19.9 Å². The van der Waals surface area contributed by atoms with Gasteiger partial charge in [0.1, 0.15) is 11.5 Å². The summed E-state index contributed by atoms with van der Waals surface area (Å²) in [6.07, 6.45) is 11.2. The fourth-order valence-electron chi connectivity index (χ4n) is 3.67. The van der Waals surface area contributed by atoms with E-state index < -0.39 is 0 Å². The monoisotopic (exact) mass is 367 g/mol. The fourth-order valence-corrected chi connectivity index (χ4v) is 3.67. The van der Waals surface area contributed by atoms with E-state index in [1.165, 1.54) is 0 Å². The van der Waals surface area contributed by atoms with Gasteiger partial charge in [-0.1, -0.05) is 6.07 Å². The number of piperidine rings is 1. The molecular formula is C20H25N5O2. The van der Waals surface area contributed by atoms with Gasteiger partial charge in [-0.2, -0.15) is 0 Å². The van der Waals surface area contributed by atoms with Crippen LogP contribution in [0.15, 0.2) is 36.9 Å². The predicted octanol–water partition coefficient (Wildman–Crippen LogP) is 2.29. The molecule has 142 valence electrons. The first-order chi connectivity index (χ1) is 13.3. The number of rotatable bonds is 5. The van der Waals surface area contributed by atoms with Crippen LogP contribution in [0.2, 0.25) is 0 Å². The number of anilines is 1. The SMILES string of the molecule is O=C(c1cncc(N2CCCC(OCc3cccnc3)C2)n1)N1CCCC1. The zero-order valence-corrected chi connectivity index (χ0v) is 15.5. The number of pyridine rings is 1. The molecule has 1 amide bonds. The topological polar surface area (TPSA) is 71.5 Å². The number of likely N-dealkylation sites (tertiary alicyclic amines) is 1. The van der Waals surface area contributed by atoms with E-state index in [0.717, 1.165) is 63.2 Å². The van der Waals surface area contributed by atoms with Crippen molar-refractivity contribution in [3.05, 3.63) is 48.2 Å². The Labute approximate surface area is 159 Å². The van der Waals surface area contributed by atoms with Crippen LogP contribution in [-0.2, 0) is 11.3 Å². The van der Waals surface area contributed by atoms with Gasteiger partial charge in [-0.05, 0) is 37.3 Å². The molecule has 2 aromatic heterocycles. The summed E-state index contributed by atoms with van der Waals surface area (Å²) in [5, 5.41) is 0. The van der Waals surface area contributed by atoms with Gasteiger partial charge in [-0.3, -0.25) is 14.8 Å². The normalized spacial score (nSPS) is 20.1. The van der Waals surface area contributed by atoms with E-state index in [4.69, 9.17) is 4.74 Å². The molecule has 4 rings (SSSR count). The zero-order valence-electron chi connectivity index (χ0n) is 15.5. The molecule has 7 nitrogen and oxygen atoms in total. The highest BCUT2D eigenvalue weighted by atomic mass is 16.5. The first-order valence-corrected chi connectivity index (χ1v) is 9.66. The first-order valence-electron chi connectivity index (χ1n) is 9.66. The molecule has 2 aliphatic heterocycles. The lowest BCUT2D eigenvalue weighted by Crippen LogP contribution is -2.40. The number of amides is 1. The second-order valence-corrected chi connectivity index (χ2v) is 7.14. The van der Waals surface area contributed by atoms with Gasteiger partial charge in [0.25, 0.3) is 5.91 Å². The number of carbonyl (C=O) groups excluding carboxylic acids is 1. The standard InChI is InChI=1S/C20H25N5O2/c26-20(24-8-1-2-9-24)18-12-22-13-19(23-18)25-10-4-6-17(14-25)27-15-16-5-3-7-21-11-16/h3,5,7,11-13,17H,1-2,4,6,8-10,14-15H2. The number of hydrogen-bond acceptors (Lipinski definition) is 6. The minimum absolute atomic E-state index is 0.0109. The van der Waals surface area contributed by atoms with Crippen molar-refractivity contribution in [3.63, 3.8) is 0 Å². The van der Waals surface area contributed by atoms with Gasteiger partial charge in [0.2, 0.25) is 0 Å². The number of hydrogen-bond donors (Lipinski definition) is 0. The smallest absolute Gasteiger partial charge is 0.274 e. The Morgan fingerprint density at radius 1 is 1.11 bits per heavy atom. The van der Waals surface area contributed by atoms with Gasteiger partial charge in [0, 0.05) is 38.6 Å². The van der Waals surface area contributed by atoms with E-state index in [0.29, 0.717) is 12.3 Å². The second-order valence-electron chi connectivity index (χ2n) is 7.14. The Balaban J connectivity index is 1.39. The molecule has 0 saturated carbocycles. The maximum Gasteiger partial charge on any atom is 0.274 e. The lowest BCUT2D eigenvalue weighted by atomic mass is 10.1. The quantitative estimate of drug-likeness (QED) is 0.807. The first kappa shape index (κ1) is 17.9. The number of nitrogens with zero attached hydrogens (tertiary/aromatic N) is 5. The molecule has 0 radical (unpaired) electrons. The number of carbonyl (C=O) groups is 1. The third kappa shape index (κ3) is 4.42. The zero-order chi connectivity index (χ0) is 18.5. The molecule has 4 heterocycles. The van der Waals surface area contributed by atoms with Crippen molar-refractivity contribution < 1.29 is 9.53 Å². The van der Waals surface area contributed by atoms with Gasteiger partial charge in [0.15, 0.2) is 0 Å². The molecule has 0 spiro atoms. The highest BCUT2D eigenvalue weighted by Crippen LogP contribution is 2.21. The summed E-state index contributed by atoms with van der Waals surface area (Å²) in [4.78, 5) is 29.6. The summed E-state index contributed by atoms with van der Waals surface area (Å²) in [7, 11) is 0. The Hall–Kier alpha value is -2.54. The van der Waals surface area contributed by atoms with Crippen LogP contribution in [0.1, 0.15) is 41.7 Å². The Morgan fingerprint density at radius 3 is 2.81 bits per heavy atom. The molecule has 2 aromatic rings. The van der Waals surface area contributed by atoms with Gasteiger partial charge in [-0.15, -0.1) is 0 Å². The van der Waals surface area contributed by atoms with Crippen LogP contribution >= 0.6 is 0 Å². The number of ether oxygens (including phenoxy) is 1. The molecular weight excluding hydrogens is 342 g/mol. The number of aromatic nitrogens is 3. The summed E-state index contributed by atoms with van der Waals surface area (Å²) in [5.41, 5.74) is 1.51. The van der Waals surface area contributed by atoms with Crippen molar-refractivity contribution in [2.24, 2.45) is 0 Å². The molecule has 0 bridgehead atoms. The molecule has 0 aromatic carbocycles. The summed E-state index contributed by atoms with van der Waals surface area (Å²) < 4.78 is 6.07. The van der Waals surface area contributed by atoms with Crippen LogP contribution in [0.25, 0.3) is 0 Å². The van der Waals surface area contributed by atoms with Crippen LogP contribution in [0.4, 0.5) is 5.82 Å². The molecule has 2 saturated heterocycles. The van der Waals surface area contributed by atoms with Gasteiger partial charge in [0.05, 0.1) is 25.1 Å². The van der Waals surface area contributed by atoms with Crippen molar-refractivity contribution in [2.45, 2.75) is 38.4 Å². The van der Waals surface area contributed by atoms with Crippen molar-refractivity contribution in [1.29, 1.82) is 0 Å². The Morgan fingerprint density at radius 2 is 2.00 bits per heavy atom. The summed E-state index contributed by atoms with van der Waals surface area (Å²) in [6, 6.07) is 3.94. The summed E-state index contributed by atoms with van der Waals surface area (Å²) >= 11 is 0. The second kappa shape index (κ2) is 8.43. The third-order valence-corrected chi connectivity index (χ3v) is 5.14. The average molecular weight is 367 g/mol. The van der Waals surface area contributed by atoms with Crippen molar-refractivity contribution in [2.75, 3.05) is 31.1 Å². The molecule has 2 fully saturated rings. The molecule has 0 aliphatic carbocycles. The maximum absolute atomic E-state index is 12.6. The Bertz CT molecular complexity index is 764.